The van der Waals surface area contributed by atoms with Gasteiger partial charge in [-0.05, 0) is 92.9 Å². The van der Waals surface area contributed by atoms with Crippen LogP contribution < -0.4 is 29.1 Å². The van der Waals surface area contributed by atoms with Gasteiger partial charge in [-0.15, -0.1) is 0 Å². The molecule has 2 amide bonds. The summed E-state index contributed by atoms with van der Waals surface area (Å²) in [5, 5.41) is 21.9. The third-order valence-corrected chi connectivity index (χ3v) is 18.0. The minimum absolute atomic E-state index is 0.0261. The van der Waals surface area contributed by atoms with Gasteiger partial charge in [-0.25, -0.2) is 0 Å². The third kappa shape index (κ3) is 12.4. The highest BCUT2D eigenvalue weighted by atomic mass is 19.4. The number of carbonyl (C=O) groups excluding carboxylic acids is 2. The number of amides is 2. The Hall–Kier alpha value is -8.05. The Labute approximate surface area is 494 Å². The Kier molecular flexibility index (Phi) is 17.7. The summed E-state index contributed by atoms with van der Waals surface area (Å²) < 4.78 is 61.6. The first-order valence-electron chi connectivity index (χ1n) is 29.5. The Balaban J connectivity index is 0.835. The van der Waals surface area contributed by atoms with Crippen molar-refractivity contribution in [1.82, 2.24) is 39.5 Å². The summed E-state index contributed by atoms with van der Waals surface area (Å²) >= 11 is 0. The van der Waals surface area contributed by atoms with Gasteiger partial charge in [-0.2, -0.15) is 43.6 Å². The van der Waals surface area contributed by atoms with E-state index in [1.807, 2.05) is 0 Å². The SMILES string of the molecule is C=CC(=O)N1CCN(c2nc(OC[C@@H]3CCCN3CCOC)nc3c2CCN(c2ccc(C4C[C@@H](COc5nc6c(c(N7CCN(C(=O)C=C)[C@@H](CC#N)C7)n5)CCN(c5ccccc5C(F)(F)F)C6)N(C)C4)c4ccccc24)C3)CC1CC#N. The van der Waals surface area contributed by atoms with Crippen LogP contribution >= 0.6 is 0 Å². The predicted molar refractivity (Wildman–Crippen MR) is 316 cm³/mol. The molecule has 5 atom stereocenters. The van der Waals surface area contributed by atoms with Crippen LogP contribution in [0.2, 0.25) is 0 Å². The number of ether oxygens (including phenoxy) is 3. The molecule has 6 aliphatic heterocycles. The van der Waals surface area contributed by atoms with Crippen LogP contribution in [0.3, 0.4) is 0 Å². The van der Waals surface area contributed by atoms with Crippen molar-refractivity contribution in [1.29, 1.82) is 10.5 Å². The fourth-order valence-corrected chi connectivity index (χ4v) is 13.7. The highest BCUT2D eigenvalue weighted by molar-refractivity contribution is 5.97. The zero-order valence-corrected chi connectivity index (χ0v) is 48.4. The molecular weight excluding hydrogens is 1090 g/mol. The van der Waals surface area contributed by atoms with Crippen LogP contribution in [0.4, 0.5) is 36.2 Å². The number of nitrogens with zero attached hydrogens (tertiary/aromatic N) is 14. The standard InChI is InChI=1S/C63H73F3N14O5/c1-5-57(81)79-30-28-77(36-43(79)19-23-67)59-50-21-26-75(38-53(50)69-61(71-59)84-40-45-12-11-25-74(45)32-33-83-4)55-18-17-47(48-13-7-8-14-49(48)55)42-34-46(73(3)35-42)41-85-62-70-54-39-76(56-16-10-9-15-52(56)63(64,65)66)27-22-51(54)60(72-62)78-29-31-80(58(82)6-2)44(37-78)20-24-68/h5-10,13-18,42-46H,1-2,11-12,19-22,25-41H2,3-4H3/t42?,43?,44-,45-,46-/m0/s1. The Morgan fingerprint density at radius 1 is 0.671 bits per heavy atom. The first-order valence-corrected chi connectivity index (χ1v) is 29.5. The molecule has 11 rings (SSSR count). The number of likely N-dealkylation sites (tertiary alicyclic amines) is 2. The van der Waals surface area contributed by atoms with E-state index < -0.39 is 17.8 Å². The summed E-state index contributed by atoms with van der Waals surface area (Å²) in [6.07, 6.45) is 2.23. The number of carbonyl (C=O) groups is 2. The first kappa shape index (κ1) is 58.7. The number of likely N-dealkylation sites (N-methyl/N-ethyl adjacent to an activating group) is 1. The van der Waals surface area contributed by atoms with E-state index in [2.05, 4.69) is 93.2 Å². The number of anilines is 4. The van der Waals surface area contributed by atoms with Crippen molar-refractivity contribution >= 4 is 45.6 Å². The molecule has 446 valence electrons. The largest absolute Gasteiger partial charge is 0.462 e. The highest BCUT2D eigenvalue weighted by Gasteiger charge is 2.40. The van der Waals surface area contributed by atoms with Gasteiger partial charge in [-0.1, -0.05) is 55.6 Å². The summed E-state index contributed by atoms with van der Waals surface area (Å²) in [4.78, 5) is 62.5. The summed E-state index contributed by atoms with van der Waals surface area (Å²) in [5.74, 6) is 1.11. The normalized spacial score (nSPS) is 22.0. The summed E-state index contributed by atoms with van der Waals surface area (Å²) in [7, 11) is 3.81. The Morgan fingerprint density at radius 2 is 1.24 bits per heavy atom. The van der Waals surface area contributed by atoms with Gasteiger partial charge < -0.3 is 43.6 Å². The van der Waals surface area contributed by atoms with Crippen LogP contribution in [0.5, 0.6) is 12.0 Å². The van der Waals surface area contributed by atoms with E-state index in [1.54, 1.807) is 27.9 Å². The van der Waals surface area contributed by atoms with Crippen molar-refractivity contribution < 1.29 is 37.0 Å². The average Bonchev–Trinajstić information content (AvgIpc) is 3.01. The lowest BCUT2D eigenvalue weighted by atomic mass is 9.90. The molecule has 5 aromatic rings. The molecule has 19 nitrogen and oxygen atoms in total. The van der Waals surface area contributed by atoms with E-state index in [-0.39, 0.29) is 73.5 Å². The van der Waals surface area contributed by atoms with Crippen molar-refractivity contribution in [2.24, 2.45) is 0 Å². The quantitative estimate of drug-likeness (QED) is 0.0804. The minimum Gasteiger partial charge on any atom is -0.462 e. The lowest BCUT2D eigenvalue weighted by Crippen LogP contribution is -2.55. The lowest BCUT2D eigenvalue weighted by Gasteiger charge is -2.42. The van der Waals surface area contributed by atoms with Gasteiger partial charge in [0, 0.05) is 113 Å². The van der Waals surface area contributed by atoms with Crippen molar-refractivity contribution in [2.75, 3.05) is 126 Å². The summed E-state index contributed by atoms with van der Waals surface area (Å²) in [5.41, 5.74) is 5.00. The van der Waals surface area contributed by atoms with Gasteiger partial charge in [0.15, 0.2) is 0 Å². The number of fused-ring (bicyclic) bond motifs is 3. The summed E-state index contributed by atoms with van der Waals surface area (Å²) in [6, 6.07) is 23.0. The van der Waals surface area contributed by atoms with Gasteiger partial charge in [0.25, 0.3) is 0 Å². The predicted octanol–water partition coefficient (Wildman–Crippen LogP) is 7.15. The molecule has 0 aliphatic carbocycles. The smallest absolute Gasteiger partial charge is 0.418 e. The topological polar surface area (TPSA) is 187 Å². The van der Waals surface area contributed by atoms with E-state index >= 15 is 0 Å². The molecule has 8 heterocycles. The second kappa shape index (κ2) is 25.7. The van der Waals surface area contributed by atoms with E-state index in [4.69, 9.17) is 34.1 Å². The van der Waals surface area contributed by atoms with Crippen LogP contribution in [0.25, 0.3) is 10.8 Å². The molecule has 0 bridgehead atoms. The number of methoxy groups -OCH3 is 1. The highest BCUT2D eigenvalue weighted by Crippen LogP contribution is 2.43. The molecule has 0 spiro atoms. The maximum absolute atomic E-state index is 14.4. The number of aromatic nitrogens is 4. The number of benzene rings is 3. The maximum atomic E-state index is 14.4. The molecule has 4 fully saturated rings. The Morgan fingerprint density at radius 3 is 1.81 bits per heavy atom. The summed E-state index contributed by atoms with van der Waals surface area (Å²) in [6.45, 7) is 15.4. The molecular formula is C63H73F3N14O5. The van der Waals surface area contributed by atoms with E-state index in [1.165, 1.54) is 29.8 Å². The number of para-hydroxylation sites is 1. The van der Waals surface area contributed by atoms with Crippen molar-refractivity contribution in [3.8, 4) is 24.2 Å². The second-order valence-electron chi connectivity index (χ2n) is 23.0. The number of hydrogen-bond acceptors (Lipinski definition) is 17. The molecule has 22 heteroatoms. The maximum Gasteiger partial charge on any atom is 0.418 e. The number of alkyl halides is 3. The third-order valence-electron chi connectivity index (χ3n) is 18.0. The number of nitriles is 2. The number of piperazine rings is 2. The van der Waals surface area contributed by atoms with Crippen LogP contribution in [-0.4, -0.2) is 181 Å². The molecule has 2 aromatic heterocycles. The molecule has 85 heavy (non-hydrogen) atoms. The molecule has 0 saturated carbocycles. The van der Waals surface area contributed by atoms with Crippen LogP contribution in [0.15, 0.2) is 86.0 Å². The van der Waals surface area contributed by atoms with Gasteiger partial charge in [0.2, 0.25) is 11.8 Å². The fraction of sp³-hybridized carbons (Fsp3) is 0.492. The van der Waals surface area contributed by atoms with Crippen molar-refractivity contribution in [3.05, 3.63) is 120 Å². The number of hydrogen-bond donors (Lipinski definition) is 0. The fourth-order valence-electron chi connectivity index (χ4n) is 13.7. The van der Waals surface area contributed by atoms with Crippen LogP contribution in [-0.2, 0) is 46.4 Å². The van der Waals surface area contributed by atoms with Crippen molar-refractivity contribution in [3.63, 3.8) is 0 Å². The Bertz CT molecular complexity index is 3390. The van der Waals surface area contributed by atoms with Crippen LogP contribution in [0, 0.1) is 22.7 Å². The molecule has 6 aliphatic rings. The van der Waals surface area contributed by atoms with Gasteiger partial charge in [0.1, 0.15) is 24.8 Å². The number of rotatable bonds is 18. The number of halogens is 3. The van der Waals surface area contributed by atoms with Gasteiger partial charge in [-0.3, -0.25) is 19.4 Å². The molecule has 2 unspecified atom stereocenters. The molecule has 4 saturated heterocycles. The van der Waals surface area contributed by atoms with E-state index in [0.29, 0.717) is 102 Å². The van der Waals surface area contributed by atoms with Crippen LogP contribution in [0.1, 0.15) is 71.7 Å². The van der Waals surface area contributed by atoms with E-state index in [9.17, 15) is 33.3 Å². The average molecular weight is 1160 g/mol. The first-order chi connectivity index (χ1) is 41.3. The monoisotopic (exact) mass is 1160 g/mol. The van der Waals surface area contributed by atoms with Crippen molar-refractivity contribution in [2.45, 2.75) is 94.3 Å². The van der Waals surface area contributed by atoms with Gasteiger partial charge >= 0.3 is 18.2 Å². The zero-order chi connectivity index (χ0) is 59.4. The zero-order valence-electron chi connectivity index (χ0n) is 48.4. The van der Waals surface area contributed by atoms with E-state index in [0.717, 1.165) is 84.1 Å². The lowest BCUT2D eigenvalue weighted by molar-refractivity contribution is -0.137. The van der Waals surface area contributed by atoms with Gasteiger partial charge in [0.05, 0.1) is 73.7 Å². The molecule has 0 radical (unpaired) electrons. The molecule has 3 aromatic carbocycles. The second-order valence-corrected chi connectivity index (χ2v) is 23.0. The minimum atomic E-state index is -4.55. The molecule has 0 N–H and O–H groups in total.